The first-order chi connectivity index (χ1) is 13.6. The summed E-state index contributed by atoms with van der Waals surface area (Å²) in [5.41, 5.74) is 1.84. The van der Waals surface area contributed by atoms with E-state index in [-0.39, 0.29) is 18.1 Å². The molecule has 5 heteroatoms. The smallest absolute Gasteiger partial charge is 0.251 e. The third kappa shape index (κ3) is 5.26. The third-order valence-corrected chi connectivity index (χ3v) is 5.03. The molecule has 0 bridgehead atoms. The number of hydrogen-bond acceptors (Lipinski definition) is 4. The second-order valence-corrected chi connectivity index (χ2v) is 7.43. The number of carbonyl (C=O) groups is 1. The van der Waals surface area contributed by atoms with Crippen molar-refractivity contribution in [1.82, 2.24) is 10.2 Å². The molecule has 0 aromatic heterocycles. The van der Waals surface area contributed by atoms with Crippen molar-refractivity contribution in [3.05, 3.63) is 59.7 Å². The van der Waals surface area contributed by atoms with Gasteiger partial charge in [-0.1, -0.05) is 12.1 Å². The molecule has 2 aromatic carbocycles. The molecule has 150 valence electrons. The third-order valence-electron chi connectivity index (χ3n) is 5.03. The number of hydrogen-bond donors (Lipinski definition) is 1. The molecule has 0 spiro atoms. The minimum absolute atomic E-state index is 0.0613. The van der Waals surface area contributed by atoms with E-state index in [4.69, 9.17) is 9.47 Å². The summed E-state index contributed by atoms with van der Waals surface area (Å²) in [7, 11) is 1.67. The monoisotopic (exact) mass is 382 g/mol. The van der Waals surface area contributed by atoms with Crippen molar-refractivity contribution in [2.75, 3.05) is 26.7 Å². The van der Waals surface area contributed by atoms with E-state index in [0.717, 1.165) is 24.6 Å². The second-order valence-electron chi connectivity index (χ2n) is 7.43. The van der Waals surface area contributed by atoms with Crippen molar-refractivity contribution < 1.29 is 14.3 Å². The molecule has 1 fully saturated rings. The highest BCUT2D eigenvalue weighted by Gasteiger charge is 2.24. The molecule has 1 heterocycles. The zero-order chi connectivity index (χ0) is 19.9. The maximum Gasteiger partial charge on any atom is 0.251 e. The summed E-state index contributed by atoms with van der Waals surface area (Å²) in [6, 6.07) is 15.6. The van der Waals surface area contributed by atoms with Crippen molar-refractivity contribution in [1.29, 1.82) is 0 Å². The van der Waals surface area contributed by atoms with Crippen molar-refractivity contribution in [2.24, 2.45) is 0 Å². The summed E-state index contributed by atoms with van der Waals surface area (Å²) in [5, 5.41) is 3.11. The van der Waals surface area contributed by atoms with Crippen LogP contribution in [0.5, 0.6) is 11.5 Å². The highest BCUT2D eigenvalue weighted by Crippen LogP contribution is 2.26. The van der Waals surface area contributed by atoms with Gasteiger partial charge in [0.1, 0.15) is 11.5 Å². The fourth-order valence-electron chi connectivity index (χ4n) is 3.59. The molecule has 1 amide bonds. The van der Waals surface area contributed by atoms with Crippen LogP contribution in [0.25, 0.3) is 0 Å². The van der Waals surface area contributed by atoms with E-state index in [9.17, 15) is 4.79 Å². The molecule has 1 N–H and O–H groups in total. The number of rotatable bonds is 8. The van der Waals surface area contributed by atoms with Gasteiger partial charge < -0.3 is 14.8 Å². The zero-order valence-corrected chi connectivity index (χ0v) is 17.0. The molecular weight excluding hydrogens is 352 g/mol. The van der Waals surface area contributed by atoms with Gasteiger partial charge in [0, 0.05) is 12.1 Å². The maximum absolute atomic E-state index is 12.6. The second kappa shape index (κ2) is 9.60. The van der Waals surface area contributed by atoms with Crippen LogP contribution < -0.4 is 14.8 Å². The van der Waals surface area contributed by atoms with Crippen molar-refractivity contribution in [3.63, 3.8) is 0 Å². The van der Waals surface area contributed by atoms with Gasteiger partial charge in [-0.05, 0) is 81.7 Å². The van der Waals surface area contributed by atoms with Crippen LogP contribution in [-0.2, 0) is 0 Å². The quantitative estimate of drug-likeness (QED) is 0.748. The Kier molecular flexibility index (Phi) is 6.93. The summed E-state index contributed by atoms with van der Waals surface area (Å²) in [6.07, 6.45) is 2.53. The Hall–Kier alpha value is -2.53. The first-order valence-electron chi connectivity index (χ1n) is 9.99. The number of likely N-dealkylation sites (tertiary alicyclic amines) is 1. The highest BCUT2D eigenvalue weighted by atomic mass is 16.5. The van der Waals surface area contributed by atoms with E-state index in [1.54, 1.807) is 7.11 Å². The largest absolute Gasteiger partial charge is 0.497 e. The molecule has 2 aromatic rings. The van der Waals surface area contributed by atoms with Crippen molar-refractivity contribution in [2.45, 2.75) is 38.8 Å². The number of nitrogens with one attached hydrogen (secondary N) is 1. The fraction of sp³-hybridized carbons (Fsp3) is 0.435. The first-order valence-corrected chi connectivity index (χ1v) is 9.99. The fourth-order valence-corrected chi connectivity index (χ4v) is 3.59. The minimum atomic E-state index is -0.0613. The average Bonchev–Trinajstić information content (AvgIpc) is 3.23. The van der Waals surface area contributed by atoms with Crippen LogP contribution in [0.4, 0.5) is 0 Å². The summed E-state index contributed by atoms with van der Waals surface area (Å²) in [4.78, 5) is 15.1. The van der Waals surface area contributed by atoms with Crippen LogP contribution in [0.15, 0.2) is 48.5 Å². The maximum atomic E-state index is 12.6. The standard InChI is InChI=1S/C23H30N2O3/c1-17(2)28-21-12-8-19(9-13-21)23(26)24-16-22(25-14-4-5-15-25)18-6-10-20(27-3)11-7-18/h6-13,17,22H,4-5,14-16H2,1-3H3,(H,24,26)/t22-/m0/s1. The van der Waals surface area contributed by atoms with E-state index in [1.165, 1.54) is 18.4 Å². The van der Waals surface area contributed by atoms with Gasteiger partial charge in [0.25, 0.3) is 5.91 Å². The van der Waals surface area contributed by atoms with Gasteiger partial charge in [-0.3, -0.25) is 9.69 Å². The normalized spacial score (nSPS) is 15.4. The lowest BCUT2D eigenvalue weighted by Crippen LogP contribution is -2.36. The Morgan fingerprint density at radius 2 is 1.61 bits per heavy atom. The molecule has 5 nitrogen and oxygen atoms in total. The first kappa shape index (κ1) is 20.2. The van der Waals surface area contributed by atoms with E-state index in [2.05, 4.69) is 22.3 Å². The van der Waals surface area contributed by atoms with Gasteiger partial charge in [-0.2, -0.15) is 0 Å². The van der Waals surface area contributed by atoms with E-state index < -0.39 is 0 Å². The van der Waals surface area contributed by atoms with Crippen LogP contribution in [0.1, 0.15) is 48.7 Å². The lowest BCUT2D eigenvalue weighted by Gasteiger charge is -2.28. The lowest BCUT2D eigenvalue weighted by atomic mass is 10.0. The van der Waals surface area contributed by atoms with E-state index in [0.29, 0.717) is 12.1 Å². The summed E-state index contributed by atoms with van der Waals surface area (Å²) in [5.74, 6) is 1.56. The van der Waals surface area contributed by atoms with Gasteiger partial charge in [0.2, 0.25) is 0 Å². The van der Waals surface area contributed by atoms with Crippen LogP contribution in [0, 0.1) is 0 Å². The molecule has 3 rings (SSSR count). The van der Waals surface area contributed by atoms with Crippen LogP contribution in [0.3, 0.4) is 0 Å². The van der Waals surface area contributed by atoms with Crippen LogP contribution in [-0.4, -0.2) is 43.7 Å². The van der Waals surface area contributed by atoms with Gasteiger partial charge in [0.05, 0.1) is 19.3 Å². The Labute approximate surface area is 167 Å². The molecule has 1 aliphatic heterocycles. The number of nitrogens with zero attached hydrogens (tertiary/aromatic N) is 1. The molecule has 1 aliphatic rings. The van der Waals surface area contributed by atoms with Crippen molar-refractivity contribution >= 4 is 5.91 Å². The number of benzene rings is 2. The summed E-state index contributed by atoms with van der Waals surface area (Å²) in [6.45, 7) is 6.67. The van der Waals surface area contributed by atoms with Gasteiger partial charge >= 0.3 is 0 Å². The number of carbonyl (C=O) groups excluding carboxylic acids is 1. The minimum Gasteiger partial charge on any atom is -0.497 e. The zero-order valence-electron chi connectivity index (χ0n) is 17.0. The van der Waals surface area contributed by atoms with Gasteiger partial charge in [-0.25, -0.2) is 0 Å². The molecule has 0 unspecified atom stereocenters. The molecule has 1 saturated heterocycles. The average molecular weight is 383 g/mol. The van der Waals surface area contributed by atoms with Crippen LogP contribution in [0.2, 0.25) is 0 Å². The predicted molar refractivity (Wildman–Crippen MR) is 111 cm³/mol. The molecule has 0 aliphatic carbocycles. The number of ether oxygens (including phenoxy) is 2. The van der Waals surface area contributed by atoms with Crippen molar-refractivity contribution in [3.8, 4) is 11.5 Å². The van der Waals surface area contributed by atoms with Gasteiger partial charge in [0.15, 0.2) is 0 Å². The molecule has 1 atom stereocenters. The molecule has 0 radical (unpaired) electrons. The van der Waals surface area contributed by atoms with Crippen LogP contribution >= 0.6 is 0 Å². The number of methoxy groups -OCH3 is 1. The Balaban J connectivity index is 1.66. The molecule has 28 heavy (non-hydrogen) atoms. The molecular formula is C23H30N2O3. The van der Waals surface area contributed by atoms with E-state index in [1.807, 2.05) is 50.2 Å². The Bertz CT molecular complexity index is 750. The Morgan fingerprint density at radius 1 is 1.00 bits per heavy atom. The summed E-state index contributed by atoms with van der Waals surface area (Å²) < 4.78 is 10.9. The highest BCUT2D eigenvalue weighted by molar-refractivity contribution is 5.94. The predicted octanol–water partition coefficient (Wildman–Crippen LogP) is 4.05. The van der Waals surface area contributed by atoms with E-state index >= 15 is 0 Å². The topological polar surface area (TPSA) is 50.8 Å². The Morgan fingerprint density at radius 3 is 2.18 bits per heavy atom. The molecule has 0 saturated carbocycles. The SMILES string of the molecule is COc1ccc([C@H](CNC(=O)c2ccc(OC(C)C)cc2)N2CCCC2)cc1. The van der Waals surface area contributed by atoms with Gasteiger partial charge in [-0.15, -0.1) is 0 Å². The lowest BCUT2D eigenvalue weighted by molar-refractivity contribution is 0.0938. The number of amides is 1. The summed E-state index contributed by atoms with van der Waals surface area (Å²) >= 11 is 0.